The summed E-state index contributed by atoms with van der Waals surface area (Å²) in [6.07, 6.45) is 12.2. The van der Waals surface area contributed by atoms with Crippen molar-refractivity contribution in [3.63, 3.8) is 0 Å². The van der Waals surface area contributed by atoms with Crippen molar-refractivity contribution in [2.45, 2.75) is 84.6 Å². The number of hydrogen-bond donors (Lipinski definition) is 2. The second-order valence-corrected chi connectivity index (χ2v) is 6.65. The van der Waals surface area contributed by atoms with Crippen LogP contribution < -0.4 is 11.3 Å². The summed E-state index contributed by atoms with van der Waals surface area (Å²) in [4.78, 5) is 0. The number of hydrazine groups is 1. The van der Waals surface area contributed by atoms with E-state index < -0.39 is 0 Å². The highest BCUT2D eigenvalue weighted by molar-refractivity contribution is 4.82. The molecular formula is C16H34N2. The Balaban J connectivity index is 2.26. The van der Waals surface area contributed by atoms with Gasteiger partial charge in [-0.25, -0.2) is 0 Å². The van der Waals surface area contributed by atoms with Gasteiger partial charge in [-0.1, -0.05) is 52.9 Å². The third-order valence-electron chi connectivity index (χ3n) is 4.62. The van der Waals surface area contributed by atoms with Crippen molar-refractivity contribution < 1.29 is 0 Å². The Morgan fingerprint density at radius 1 is 1.00 bits per heavy atom. The van der Waals surface area contributed by atoms with Gasteiger partial charge in [0.25, 0.3) is 0 Å². The summed E-state index contributed by atoms with van der Waals surface area (Å²) in [5.41, 5.74) is 3.10. The Morgan fingerprint density at radius 2 is 1.61 bits per heavy atom. The van der Waals surface area contributed by atoms with Crippen LogP contribution in [0.1, 0.15) is 78.6 Å². The number of nitrogens with one attached hydrogen (secondary N) is 1. The van der Waals surface area contributed by atoms with Crippen molar-refractivity contribution >= 4 is 0 Å². The lowest BCUT2D eigenvalue weighted by molar-refractivity contribution is 0.169. The smallest absolute Gasteiger partial charge is 0.0238 e. The van der Waals surface area contributed by atoms with Crippen LogP contribution in [0.25, 0.3) is 0 Å². The highest BCUT2D eigenvalue weighted by atomic mass is 15.2. The number of nitrogens with two attached hydrogens (primary N) is 1. The van der Waals surface area contributed by atoms with E-state index in [-0.39, 0.29) is 0 Å². The largest absolute Gasteiger partial charge is 0.271 e. The Kier molecular flexibility index (Phi) is 7.92. The highest BCUT2D eigenvalue weighted by Gasteiger charge is 2.29. The summed E-state index contributed by atoms with van der Waals surface area (Å²) < 4.78 is 0. The van der Waals surface area contributed by atoms with Gasteiger partial charge in [-0.3, -0.25) is 11.3 Å². The molecule has 0 bridgehead atoms. The van der Waals surface area contributed by atoms with Crippen LogP contribution in [0.3, 0.4) is 0 Å². The Morgan fingerprint density at radius 3 is 2.17 bits per heavy atom. The Bertz CT molecular complexity index is 195. The van der Waals surface area contributed by atoms with Crippen molar-refractivity contribution in [3.8, 4) is 0 Å². The van der Waals surface area contributed by atoms with Gasteiger partial charge < -0.3 is 0 Å². The molecule has 0 saturated heterocycles. The molecule has 3 N–H and O–H groups in total. The second-order valence-electron chi connectivity index (χ2n) is 6.65. The number of hydrogen-bond acceptors (Lipinski definition) is 2. The zero-order valence-electron chi connectivity index (χ0n) is 12.8. The minimum Gasteiger partial charge on any atom is -0.271 e. The van der Waals surface area contributed by atoms with Crippen LogP contribution >= 0.6 is 0 Å². The number of rotatable bonds is 8. The molecule has 0 spiro atoms. The van der Waals surface area contributed by atoms with Crippen LogP contribution in [0, 0.1) is 17.8 Å². The van der Waals surface area contributed by atoms with Crippen LogP contribution in [-0.4, -0.2) is 6.04 Å². The molecule has 0 aliphatic heterocycles. The maximum atomic E-state index is 5.79. The van der Waals surface area contributed by atoms with Crippen molar-refractivity contribution in [3.05, 3.63) is 0 Å². The van der Waals surface area contributed by atoms with Gasteiger partial charge in [0, 0.05) is 6.04 Å². The lowest BCUT2D eigenvalue weighted by Gasteiger charge is -2.36. The fourth-order valence-electron chi connectivity index (χ4n) is 3.76. The summed E-state index contributed by atoms with van der Waals surface area (Å²) in [5, 5.41) is 0. The molecule has 18 heavy (non-hydrogen) atoms. The van der Waals surface area contributed by atoms with E-state index in [0.29, 0.717) is 6.04 Å². The SMILES string of the molecule is CCCCCCCC(NN)C1CC(C)CC(C)C1. The molecule has 0 aromatic heterocycles. The van der Waals surface area contributed by atoms with E-state index in [4.69, 9.17) is 5.84 Å². The van der Waals surface area contributed by atoms with E-state index in [0.717, 1.165) is 17.8 Å². The van der Waals surface area contributed by atoms with Crippen LogP contribution in [0.2, 0.25) is 0 Å². The molecule has 1 fully saturated rings. The molecule has 0 aromatic rings. The minimum atomic E-state index is 0.553. The normalized spacial score (nSPS) is 30.3. The van der Waals surface area contributed by atoms with Crippen LogP contribution in [0.4, 0.5) is 0 Å². The topological polar surface area (TPSA) is 38.0 Å². The molecule has 1 saturated carbocycles. The summed E-state index contributed by atoms with van der Waals surface area (Å²) in [7, 11) is 0. The first-order valence-corrected chi connectivity index (χ1v) is 8.13. The monoisotopic (exact) mass is 254 g/mol. The second kappa shape index (κ2) is 8.92. The van der Waals surface area contributed by atoms with Crippen molar-refractivity contribution in [2.24, 2.45) is 23.6 Å². The Hall–Kier alpha value is -0.0800. The lowest BCUT2D eigenvalue weighted by atomic mass is 9.73. The molecular weight excluding hydrogens is 220 g/mol. The van der Waals surface area contributed by atoms with E-state index in [9.17, 15) is 0 Å². The summed E-state index contributed by atoms with van der Waals surface area (Å²) in [5.74, 6) is 8.36. The van der Waals surface area contributed by atoms with Crippen molar-refractivity contribution in [1.29, 1.82) is 0 Å². The quantitative estimate of drug-likeness (QED) is 0.386. The fraction of sp³-hybridized carbons (Fsp3) is 1.00. The first kappa shape index (κ1) is 16.0. The van der Waals surface area contributed by atoms with E-state index >= 15 is 0 Å². The van der Waals surface area contributed by atoms with E-state index in [1.807, 2.05) is 0 Å². The molecule has 3 unspecified atom stereocenters. The molecule has 3 atom stereocenters. The number of unbranched alkanes of at least 4 members (excludes halogenated alkanes) is 4. The summed E-state index contributed by atoms with van der Waals surface area (Å²) >= 11 is 0. The maximum absolute atomic E-state index is 5.79. The molecule has 0 amide bonds. The van der Waals surface area contributed by atoms with Crippen LogP contribution in [0.5, 0.6) is 0 Å². The molecule has 0 aromatic carbocycles. The van der Waals surface area contributed by atoms with Gasteiger partial charge in [-0.2, -0.15) is 0 Å². The van der Waals surface area contributed by atoms with E-state index in [1.54, 1.807) is 0 Å². The Labute approximate surface area is 114 Å². The van der Waals surface area contributed by atoms with Gasteiger partial charge in [0.2, 0.25) is 0 Å². The molecule has 108 valence electrons. The summed E-state index contributed by atoms with van der Waals surface area (Å²) in [6.45, 7) is 7.07. The first-order chi connectivity index (χ1) is 8.67. The third kappa shape index (κ3) is 5.71. The van der Waals surface area contributed by atoms with Gasteiger partial charge >= 0.3 is 0 Å². The minimum absolute atomic E-state index is 0.553. The standard InChI is InChI=1S/C16H34N2/c1-4-5-6-7-8-9-16(18-17)15-11-13(2)10-14(3)12-15/h13-16,18H,4-12,17H2,1-3H3. The van der Waals surface area contributed by atoms with E-state index in [2.05, 4.69) is 26.2 Å². The van der Waals surface area contributed by atoms with E-state index in [1.165, 1.54) is 57.8 Å². The average Bonchev–Trinajstić information content (AvgIpc) is 2.32. The summed E-state index contributed by atoms with van der Waals surface area (Å²) in [6, 6.07) is 0.553. The predicted octanol–water partition coefficient (Wildman–Crippen LogP) is 4.25. The zero-order valence-corrected chi connectivity index (χ0v) is 12.8. The predicted molar refractivity (Wildman–Crippen MR) is 80.2 cm³/mol. The average molecular weight is 254 g/mol. The molecule has 2 heteroatoms. The van der Waals surface area contributed by atoms with Gasteiger partial charge in [0.1, 0.15) is 0 Å². The molecule has 1 rings (SSSR count). The van der Waals surface area contributed by atoms with Gasteiger partial charge in [-0.05, 0) is 43.4 Å². The molecule has 0 heterocycles. The molecule has 2 nitrogen and oxygen atoms in total. The molecule has 1 aliphatic carbocycles. The van der Waals surface area contributed by atoms with Crippen molar-refractivity contribution in [2.75, 3.05) is 0 Å². The van der Waals surface area contributed by atoms with Crippen LogP contribution in [0.15, 0.2) is 0 Å². The molecule has 0 radical (unpaired) electrons. The van der Waals surface area contributed by atoms with Crippen LogP contribution in [-0.2, 0) is 0 Å². The molecule has 1 aliphatic rings. The highest BCUT2D eigenvalue weighted by Crippen LogP contribution is 2.35. The zero-order chi connectivity index (χ0) is 13.4. The first-order valence-electron chi connectivity index (χ1n) is 8.13. The lowest BCUT2D eigenvalue weighted by Crippen LogP contribution is -2.43. The van der Waals surface area contributed by atoms with Gasteiger partial charge in [-0.15, -0.1) is 0 Å². The van der Waals surface area contributed by atoms with Gasteiger partial charge in [0.15, 0.2) is 0 Å². The fourth-order valence-corrected chi connectivity index (χ4v) is 3.76. The van der Waals surface area contributed by atoms with Gasteiger partial charge in [0.05, 0.1) is 0 Å². The van der Waals surface area contributed by atoms with Crippen molar-refractivity contribution in [1.82, 2.24) is 5.43 Å². The maximum Gasteiger partial charge on any atom is 0.0238 e. The third-order valence-corrected chi connectivity index (χ3v) is 4.62.